The molecule has 0 saturated carbocycles. The van der Waals surface area contributed by atoms with Crippen LogP contribution in [0.15, 0.2) is 59.9 Å². The van der Waals surface area contributed by atoms with Crippen LogP contribution in [-0.4, -0.2) is 31.2 Å². The van der Waals surface area contributed by atoms with Crippen molar-refractivity contribution in [2.75, 3.05) is 5.75 Å². The fraction of sp³-hybridized carbons (Fsp3) is 0.111. The van der Waals surface area contributed by atoms with Gasteiger partial charge in [-0.05, 0) is 29.8 Å². The molecule has 4 rings (SSSR count). The number of carbonyl (C=O) groups is 1. The summed E-state index contributed by atoms with van der Waals surface area (Å²) in [6.07, 6.45) is 1.64. The Balaban J connectivity index is 1.46. The van der Waals surface area contributed by atoms with Gasteiger partial charge in [0.05, 0.1) is 16.8 Å². The third-order valence-corrected chi connectivity index (χ3v) is 4.80. The molecule has 0 aliphatic heterocycles. The smallest absolute Gasteiger partial charge is 0.230 e. The fourth-order valence-electron chi connectivity index (χ4n) is 2.56. The van der Waals surface area contributed by atoms with E-state index in [-0.39, 0.29) is 17.5 Å². The number of carbonyl (C=O) groups excluding carboxylic acids is 1. The van der Waals surface area contributed by atoms with Crippen LogP contribution in [0.1, 0.15) is 5.56 Å². The molecule has 0 aliphatic rings. The number of aromatic nitrogens is 4. The number of fused-ring (bicyclic) bond motifs is 3. The molecule has 1 amide bonds. The molecule has 2 aromatic heterocycles. The Bertz CT molecular complexity index is 1080. The largest absolute Gasteiger partial charge is 0.351 e. The molecule has 0 saturated heterocycles. The lowest BCUT2D eigenvalue weighted by Crippen LogP contribution is -2.24. The summed E-state index contributed by atoms with van der Waals surface area (Å²) in [5.41, 5.74) is 3.19. The molecule has 0 atom stereocenters. The Morgan fingerprint density at radius 1 is 1.15 bits per heavy atom. The molecule has 0 fully saturated rings. The third-order valence-electron chi connectivity index (χ3n) is 3.85. The Morgan fingerprint density at radius 2 is 1.96 bits per heavy atom. The van der Waals surface area contributed by atoms with Crippen molar-refractivity contribution >= 4 is 34.3 Å². The molecule has 0 unspecified atom stereocenters. The molecular weight excluding hydrogens is 353 g/mol. The molecule has 2 heterocycles. The molecule has 6 nitrogen and oxygen atoms in total. The van der Waals surface area contributed by atoms with Gasteiger partial charge in [-0.25, -0.2) is 9.37 Å². The van der Waals surface area contributed by atoms with Crippen LogP contribution in [0.25, 0.3) is 16.7 Å². The summed E-state index contributed by atoms with van der Waals surface area (Å²) in [7, 11) is 0. The lowest BCUT2D eigenvalue weighted by atomic mass is 10.2. The van der Waals surface area contributed by atoms with Crippen molar-refractivity contribution in [2.45, 2.75) is 11.6 Å². The summed E-state index contributed by atoms with van der Waals surface area (Å²) in [5.74, 6) is -0.225. The minimum Gasteiger partial charge on any atom is -0.351 e. The maximum atomic E-state index is 12.9. The summed E-state index contributed by atoms with van der Waals surface area (Å²) < 4.78 is 14.8. The van der Waals surface area contributed by atoms with Crippen molar-refractivity contribution in [3.8, 4) is 0 Å². The van der Waals surface area contributed by atoms with Crippen LogP contribution in [-0.2, 0) is 11.3 Å². The molecule has 130 valence electrons. The van der Waals surface area contributed by atoms with E-state index in [1.165, 1.54) is 23.9 Å². The van der Waals surface area contributed by atoms with Gasteiger partial charge in [-0.2, -0.15) is 0 Å². The van der Waals surface area contributed by atoms with Gasteiger partial charge in [0.15, 0.2) is 5.65 Å². The predicted molar refractivity (Wildman–Crippen MR) is 97.3 cm³/mol. The minimum absolute atomic E-state index is 0.132. The highest BCUT2D eigenvalue weighted by molar-refractivity contribution is 8.00. The van der Waals surface area contributed by atoms with E-state index in [0.29, 0.717) is 17.2 Å². The second kappa shape index (κ2) is 7.09. The summed E-state index contributed by atoms with van der Waals surface area (Å²) in [6, 6.07) is 13.7. The molecule has 2 aromatic carbocycles. The number of nitrogens with one attached hydrogen (secondary N) is 1. The first kappa shape index (κ1) is 16.5. The van der Waals surface area contributed by atoms with Crippen LogP contribution >= 0.6 is 11.8 Å². The van der Waals surface area contributed by atoms with Crippen molar-refractivity contribution in [3.63, 3.8) is 0 Å². The van der Waals surface area contributed by atoms with Gasteiger partial charge >= 0.3 is 0 Å². The van der Waals surface area contributed by atoms with E-state index in [9.17, 15) is 9.18 Å². The number of halogens is 1. The van der Waals surface area contributed by atoms with Crippen molar-refractivity contribution in [3.05, 3.63) is 66.2 Å². The molecule has 8 heteroatoms. The maximum absolute atomic E-state index is 12.9. The number of para-hydroxylation sites is 2. The Labute approximate surface area is 152 Å². The van der Waals surface area contributed by atoms with E-state index in [1.54, 1.807) is 18.5 Å². The predicted octanol–water partition coefficient (Wildman–Crippen LogP) is 2.83. The second-order valence-electron chi connectivity index (χ2n) is 5.62. The third kappa shape index (κ3) is 3.36. The molecule has 0 radical (unpaired) electrons. The first-order valence-electron chi connectivity index (χ1n) is 7.93. The number of hydrogen-bond acceptors (Lipinski definition) is 5. The quantitative estimate of drug-likeness (QED) is 0.549. The Hall–Kier alpha value is -3.00. The second-order valence-corrected chi connectivity index (χ2v) is 6.59. The Kier molecular flexibility index (Phi) is 4.49. The van der Waals surface area contributed by atoms with Crippen LogP contribution in [0, 0.1) is 5.82 Å². The van der Waals surface area contributed by atoms with Gasteiger partial charge in [0.25, 0.3) is 0 Å². The number of amides is 1. The van der Waals surface area contributed by atoms with Crippen LogP contribution in [0.5, 0.6) is 0 Å². The molecule has 1 N–H and O–H groups in total. The zero-order valence-corrected chi connectivity index (χ0v) is 14.4. The average molecular weight is 367 g/mol. The van der Waals surface area contributed by atoms with Crippen LogP contribution in [0.2, 0.25) is 0 Å². The minimum atomic E-state index is -0.296. The number of nitrogens with zero attached hydrogens (tertiary/aromatic N) is 4. The van der Waals surface area contributed by atoms with Crippen molar-refractivity contribution in [1.82, 2.24) is 24.9 Å². The SMILES string of the molecule is O=C(CSc1nc2ccccc2n2cnnc12)NCc1ccc(F)cc1. The molecule has 26 heavy (non-hydrogen) atoms. The number of rotatable bonds is 5. The molecule has 4 aromatic rings. The van der Waals surface area contributed by atoms with Gasteiger partial charge in [0.1, 0.15) is 17.2 Å². The number of thioether (sulfide) groups is 1. The van der Waals surface area contributed by atoms with E-state index < -0.39 is 0 Å². The topological polar surface area (TPSA) is 72.2 Å². The summed E-state index contributed by atoms with van der Waals surface area (Å²) in [6.45, 7) is 0.352. The van der Waals surface area contributed by atoms with Gasteiger partial charge in [-0.1, -0.05) is 36.0 Å². The van der Waals surface area contributed by atoms with Crippen LogP contribution in [0.4, 0.5) is 4.39 Å². The first-order chi connectivity index (χ1) is 12.7. The van der Waals surface area contributed by atoms with Gasteiger partial charge < -0.3 is 5.32 Å². The van der Waals surface area contributed by atoms with E-state index in [0.717, 1.165) is 16.6 Å². The molecule has 0 spiro atoms. The van der Waals surface area contributed by atoms with Crippen molar-refractivity contribution in [1.29, 1.82) is 0 Å². The van der Waals surface area contributed by atoms with E-state index in [4.69, 9.17) is 0 Å². The maximum Gasteiger partial charge on any atom is 0.230 e. The van der Waals surface area contributed by atoms with Gasteiger partial charge in [0.2, 0.25) is 5.91 Å². The monoisotopic (exact) mass is 367 g/mol. The molecular formula is C18H14FN5OS. The summed E-state index contributed by atoms with van der Waals surface area (Å²) in [5, 5.41) is 11.5. The van der Waals surface area contributed by atoms with E-state index >= 15 is 0 Å². The van der Waals surface area contributed by atoms with E-state index in [2.05, 4.69) is 20.5 Å². The number of benzene rings is 2. The highest BCUT2D eigenvalue weighted by Crippen LogP contribution is 2.24. The normalized spacial score (nSPS) is 11.1. The summed E-state index contributed by atoms with van der Waals surface area (Å²) in [4.78, 5) is 16.7. The van der Waals surface area contributed by atoms with Gasteiger partial charge in [0, 0.05) is 6.54 Å². The zero-order chi connectivity index (χ0) is 17.9. The lowest BCUT2D eigenvalue weighted by molar-refractivity contribution is -0.118. The summed E-state index contributed by atoms with van der Waals surface area (Å²) >= 11 is 1.31. The van der Waals surface area contributed by atoms with Gasteiger partial charge in [-0.3, -0.25) is 9.20 Å². The highest BCUT2D eigenvalue weighted by Gasteiger charge is 2.12. The molecule has 0 aliphatic carbocycles. The highest BCUT2D eigenvalue weighted by atomic mass is 32.2. The van der Waals surface area contributed by atoms with Crippen molar-refractivity contribution in [2.24, 2.45) is 0 Å². The zero-order valence-electron chi connectivity index (χ0n) is 13.6. The van der Waals surface area contributed by atoms with Crippen molar-refractivity contribution < 1.29 is 9.18 Å². The number of hydrogen-bond donors (Lipinski definition) is 1. The first-order valence-corrected chi connectivity index (χ1v) is 8.92. The van der Waals surface area contributed by atoms with Gasteiger partial charge in [-0.15, -0.1) is 10.2 Å². The van der Waals surface area contributed by atoms with Crippen LogP contribution < -0.4 is 5.32 Å². The fourth-order valence-corrected chi connectivity index (χ4v) is 3.36. The average Bonchev–Trinajstić information content (AvgIpc) is 3.16. The lowest BCUT2D eigenvalue weighted by Gasteiger charge is -2.07. The standard InChI is InChI=1S/C18H14FN5OS/c19-13-7-5-12(6-8-13)9-20-16(25)10-26-18-17-23-21-11-24(17)15-4-2-1-3-14(15)22-18/h1-8,11H,9-10H2,(H,20,25). The van der Waals surface area contributed by atoms with Crippen LogP contribution in [0.3, 0.4) is 0 Å². The Morgan fingerprint density at radius 3 is 2.81 bits per heavy atom. The molecule has 0 bridgehead atoms. The van der Waals surface area contributed by atoms with E-state index in [1.807, 2.05) is 28.7 Å².